The molecule has 1 saturated carbocycles. The number of piperidine rings is 1. The molecule has 23 heavy (non-hydrogen) atoms. The van der Waals surface area contributed by atoms with Crippen LogP contribution in [0.25, 0.3) is 0 Å². The van der Waals surface area contributed by atoms with Gasteiger partial charge in [-0.15, -0.1) is 0 Å². The van der Waals surface area contributed by atoms with Gasteiger partial charge in [0.25, 0.3) is 0 Å². The summed E-state index contributed by atoms with van der Waals surface area (Å²) in [6.07, 6.45) is 0.858. The normalized spacial score (nSPS) is 28.4. The second kappa shape index (κ2) is 5.58. The predicted molar refractivity (Wildman–Crippen MR) is 91.7 cm³/mol. The molecule has 1 saturated heterocycles. The largest absolute Gasteiger partial charge is 0.443 e. The number of likely N-dealkylation sites (tertiary alicyclic amines) is 1. The van der Waals surface area contributed by atoms with Gasteiger partial charge < -0.3 is 9.16 Å². The van der Waals surface area contributed by atoms with Crippen molar-refractivity contribution >= 4 is 20.3 Å². The van der Waals surface area contributed by atoms with E-state index in [0.29, 0.717) is 6.42 Å². The Morgan fingerprint density at radius 1 is 1.13 bits per heavy atom. The summed E-state index contributed by atoms with van der Waals surface area (Å²) in [6.45, 7) is 16.4. The molecule has 2 fully saturated rings. The molecule has 0 aromatic heterocycles. The van der Waals surface area contributed by atoms with Crippen LogP contribution in [-0.2, 0) is 14.0 Å². The highest BCUT2D eigenvalue weighted by atomic mass is 28.4. The van der Waals surface area contributed by atoms with Crippen molar-refractivity contribution in [1.82, 2.24) is 4.90 Å². The number of hydrogen-bond acceptors (Lipinski definition) is 4. The van der Waals surface area contributed by atoms with Crippen molar-refractivity contribution in [2.45, 2.75) is 90.3 Å². The Morgan fingerprint density at radius 3 is 2.13 bits per heavy atom. The lowest BCUT2D eigenvalue weighted by molar-refractivity contribution is -0.136. The first-order valence-corrected chi connectivity index (χ1v) is 11.4. The number of rotatable bonds is 2. The zero-order chi connectivity index (χ0) is 17.8. The average molecular weight is 342 g/mol. The Labute approximate surface area is 140 Å². The Balaban J connectivity index is 2.13. The zero-order valence-electron chi connectivity index (χ0n) is 15.7. The third-order valence-electron chi connectivity index (χ3n) is 5.23. The average Bonchev–Trinajstić information content (AvgIpc) is 2.81. The molecule has 1 aliphatic heterocycles. The molecular formula is C17H31NO4Si. The molecule has 1 heterocycles. The molecule has 3 atom stereocenters. The van der Waals surface area contributed by atoms with Crippen LogP contribution in [0.5, 0.6) is 0 Å². The van der Waals surface area contributed by atoms with Crippen molar-refractivity contribution in [1.29, 1.82) is 0 Å². The molecule has 2 bridgehead atoms. The van der Waals surface area contributed by atoms with E-state index in [-0.39, 0.29) is 29.0 Å². The van der Waals surface area contributed by atoms with Crippen LogP contribution in [0.2, 0.25) is 18.1 Å². The highest BCUT2D eigenvalue weighted by Crippen LogP contribution is 2.45. The molecule has 0 spiro atoms. The number of ether oxygens (including phenoxy) is 1. The molecule has 0 unspecified atom stereocenters. The van der Waals surface area contributed by atoms with Gasteiger partial charge in [-0.1, -0.05) is 20.8 Å². The first-order chi connectivity index (χ1) is 10.2. The van der Waals surface area contributed by atoms with Crippen LogP contribution < -0.4 is 0 Å². The van der Waals surface area contributed by atoms with E-state index >= 15 is 0 Å². The molecular weight excluding hydrogens is 310 g/mol. The Kier molecular flexibility index (Phi) is 4.48. The summed E-state index contributed by atoms with van der Waals surface area (Å²) in [5.41, 5.74) is -0.602. The SMILES string of the molecule is CC(C)(C)OC(=O)N1C(=O)[C@@H]2C[C@H](O[Si](C)(C)C(C)(C)C)[C@H]1C2. The van der Waals surface area contributed by atoms with E-state index in [1.54, 1.807) is 0 Å². The minimum Gasteiger partial charge on any atom is -0.443 e. The number of imide groups is 1. The maximum atomic E-state index is 12.4. The van der Waals surface area contributed by atoms with Gasteiger partial charge in [0.1, 0.15) is 5.60 Å². The molecule has 2 aliphatic rings. The van der Waals surface area contributed by atoms with E-state index in [1.807, 2.05) is 20.8 Å². The van der Waals surface area contributed by atoms with Crippen LogP contribution in [0.4, 0.5) is 4.79 Å². The van der Waals surface area contributed by atoms with Gasteiger partial charge >= 0.3 is 6.09 Å². The lowest BCUT2D eigenvalue weighted by Crippen LogP contribution is -2.54. The van der Waals surface area contributed by atoms with E-state index in [2.05, 4.69) is 33.9 Å². The van der Waals surface area contributed by atoms with E-state index in [9.17, 15) is 9.59 Å². The number of carbonyl (C=O) groups is 2. The van der Waals surface area contributed by atoms with Crippen molar-refractivity contribution in [3.8, 4) is 0 Å². The summed E-state index contributed by atoms with van der Waals surface area (Å²) in [6, 6.07) is -0.170. The molecule has 5 nitrogen and oxygen atoms in total. The predicted octanol–water partition coefficient (Wildman–Crippen LogP) is 3.93. The Bertz CT molecular complexity index is 504. The molecule has 6 heteroatoms. The van der Waals surface area contributed by atoms with Gasteiger partial charge in [0.15, 0.2) is 8.32 Å². The fraction of sp³-hybridized carbons (Fsp3) is 0.882. The number of fused-ring (bicyclic) bond motifs is 2. The summed E-state index contributed by atoms with van der Waals surface area (Å²) in [7, 11) is -1.93. The van der Waals surface area contributed by atoms with Crippen LogP contribution in [0.1, 0.15) is 54.4 Å². The molecule has 0 N–H and O–H groups in total. The molecule has 0 aromatic carbocycles. The third kappa shape index (κ3) is 3.63. The molecule has 2 rings (SSSR count). The fourth-order valence-corrected chi connectivity index (χ4v) is 4.39. The highest BCUT2D eigenvalue weighted by molar-refractivity contribution is 6.74. The maximum Gasteiger partial charge on any atom is 0.417 e. The minimum absolute atomic E-state index is 0.0499. The zero-order valence-corrected chi connectivity index (χ0v) is 16.7. The number of carbonyl (C=O) groups excluding carboxylic acids is 2. The van der Waals surface area contributed by atoms with Crippen LogP contribution in [0.3, 0.4) is 0 Å². The van der Waals surface area contributed by atoms with Crippen molar-refractivity contribution in [2.24, 2.45) is 5.92 Å². The summed E-state index contributed by atoms with van der Waals surface area (Å²) in [4.78, 5) is 26.1. The molecule has 1 aliphatic carbocycles. The summed E-state index contributed by atoms with van der Waals surface area (Å²) in [5.74, 6) is -0.193. The van der Waals surface area contributed by atoms with Gasteiger partial charge in [-0.25, -0.2) is 9.69 Å². The quantitative estimate of drug-likeness (QED) is 0.714. The Hall–Kier alpha value is -0.883. The lowest BCUT2D eigenvalue weighted by Gasteiger charge is -2.42. The highest BCUT2D eigenvalue weighted by Gasteiger charge is 2.56. The van der Waals surface area contributed by atoms with Crippen LogP contribution >= 0.6 is 0 Å². The van der Waals surface area contributed by atoms with Gasteiger partial charge in [-0.2, -0.15) is 0 Å². The number of amides is 2. The molecule has 0 radical (unpaired) electrons. The van der Waals surface area contributed by atoms with Crippen molar-refractivity contribution < 1.29 is 18.8 Å². The van der Waals surface area contributed by atoms with Gasteiger partial charge in [-0.3, -0.25) is 4.79 Å². The summed E-state index contributed by atoms with van der Waals surface area (Å²) in [5, 5.41) is 0.107. The van der Waals surface area contributed by atoms with Crippen molar-refractivity contribution in [3.05, 3.63) is 0 Å². The van der Waals surface area contributed by atoms with E-state index in [4.69, 9.17) is 9.16 Å². The van der Waals surface area contributed by atoms with Crippen LogP contribution in [0.15, 0.2) is 0 Å². The lowest BCUT2D eigenvalue weighted by atomic mass is 10.1. The second-order valence-corrected chi connectivity index (χ2v) is 14.1. The van der Waals surface area contributed by atoms with E-state index in [1.165, 1.54) is 4.90 Å². The van der Waals surface area contributed by atoms with Gasteiger partial charge in [0, 0.05) is 5.92 Å². The smallest absolute Gasteiger partial charge is 0.417 e. The minimum atomic E-state index is -1.93. The number of nitrogens with zero attached hydrogens (tertiary/aromatic N) is 1. The van der Waals surface area contributed by atoms with Crippen molar-refractivity contribution in [2.75, 3.05) is 0 Å². The summed E-state index contributed by atoms with van der Waals surface area (Å²) < 4.78 is 11.9. The monoisotopic (exact) mass is 341 g/mol. The first-order valence-electron chi connectivity index (χ1n) is 8.47. The third-order valence-corrected chi connectivity index (χ3v) is 9.74. The summed E-state index contributed by atoms with van der Waals surface area (Å²) >= 11 is 0. The molecule has 0 aromatic rings. The first kappa shape index (κ1) is 18.5. The van der Waals surface area contributed by atoms with Gasteiger partial charge in [0.05, 0.1) is 12.1 Å². The fourth-order valence-electron chi connectivity index (χ4n) is 3.03. The van der Waals surface area contributed by atoms with Crippen LogP contribution in [0, 0.1) is 5.92 Å². The van der Waals surface area contributed by atoms with Crippen LogP contribution in [-0.4, -0.2) is 43.0 Å². The van der Waals surface area contributed by atoms with Gasteiger partial charge in [0.2, 0.25) is 5.91 Å². The molecule has 2 amide bonds. The van der Waals surface area contributed by atoms with Gasteiger partial charge in [-0.05, 0) is 51.7 Å². The topological polar surface area (TPSA) is 55.8 Å². The van der Waals surface area contributed by atoms with Crippen molar-refractivity contribution in [3.63, 3.8) is 0 Å². The maximum absolute atomic E-state index is 12.4. The number of hydrogen-bond donors (Lipinski definition) is 0. The second-order valence-electron chi connectivity index (χ2n) is 9.34. The Morgan fingerprint density at radius 2 is 1.70 bits per heavy atom. The van der Waals surface area contributed by atoms with E-state index in [0.717, 1.165) is 6.42 Å². The molecule has 132 valence electrons. The standard InChI is InChI=1S/C17H31NO4Si/c1-16(2,3)21-15(20)18-12-9-11(14(18)19)10-13(12)22-23(7,8)17(4,5)6/h11-13H,9-10H2,1-8H3/t11-,12+,13-/m0/s1. The van der Waals surface area contributed by atoms with E-state index < -0.39 is 20.0 Å².